The Kier molecular flexibility index (Phi) is 8.71. The van der Waals surface area contributed by atoms with Crippen molar-refractivity contribution in [1.82, 2.24) is 14.9 Å². The maximum atomic E-state index is 13.9. The fourth-order valence-electron chi connectivity index (χ4n) is 10.0. The molecule has 11 unspecified atom stereocenters. The molecule has 0 radical (unpaired) electrons. The number of hydrogen-bond acceptors (Lipinski definition) is 7. The molecule has 43 heavy (non-hydrogen) atoms. The molecule has 8 nitrogen and oxygen atoms in total. The van der Waals surface area contributed by atoms with Crippen LogP contribution < -0.4 is 5.32 Å². The van der Waals surface area contributed by atoms with Crippen molar-refractivity contribution in [2.75, 3.05) is 13.6 Å². The Morgan fingerprint density at radius 2 is 1.98 bits per heavy atom. The van der Waals surface area contributed by atoms with Crippen molar-refractivity contribution < 1.29 is 25.2 Å². The van der Waals surface area contributed by atoms with Gasteiger partial charge in [-0.1, -0.05) is 46.8 Å². The predicted octanol–water partition coefficient (Wildman–Crippen LogP) is 3.89. The number of carbonyl (C=O) groups is 1. The summed E-state index contributed by atoms with van der Waals surface area (Å²) in [5.74, 6) is -0.815. The Hall–Kier alpha value is -1.84. The van der Waals surface area contributed by atoms with Gasteiger partial charge in [0.05, 0.1) is 30.2 Å². The fourth-order valence-corrected chi connectivity index (χ4v) is 10.0. The molecule has 3 saturated carbocycles. The maximum Gasteiger partial charge on any atom is 0.159 e. The topological polar surface area (TPSA) is 128 Å². The molecule has 0 aliphatic heterocycles. The number of carbonyl (C=O) groups excluding carboxylic acids is 1. The molecular weight excluding hydrogens is 542 g/mol. The van der Waals surface area contributed by atoms with Crippen LogP contribution in [0.2, 0.25) is 0 Å². The Balaban J connectivity index is 1.35. The molecule has 5 rings (SSSR count). The summed E-state index contributed by atoms with van der Waals surface area (Å²) in [6.07, 6.45) is 9.54. The largest absolute Gasteiger partial charge is 0.393 e. The van der Waals surface area contributed by atoms with E-state index in [0.29, 0.717) is 25.8 Å². The van der Waals surface area contributed by atoms with Gasteiger partial charge in [-0.3, -0.25) is 4.79 Å². The van der Waals surface area contributed by atoms with Crippen molar-refractivity contribution in [3.63, 3.8) is 0 Å². The summed E-state index contributed by atoms with van der Waals surface area (Å²) in [5, 5.41) is 49.1. The number of ketones is 1. The van der Waals surface area contributed by atoms with E-state index >= 15 is 0 Å². The molecule has 4 aliphatic carbocycles. The number of allylic oxidation sites excluding steroid dienone is 1. The van der Waals surface area contributed by atoms with Crippen LogP contribution in [-0.2, 0) is 11.3 Å². The number of nitrogens with zero attached hydrogens (tertiary/aromatic N) is 2. The SMILES string of the molecule is C=C(CC(O)C(C)C1CCC2(O)C3=CC(=O)C4C(CNC)C(O)C(O)CC4(C)C3CCC12C)C(C)(C)CCn1ccnc1. The highest BCUT2D eigenvalue weighted by Gasteiger charge is 2.68. The van der Waals surface area contributed by atoms with Gasteiger partial charge >= 0.3 is 0 Å². The number of fused-ring (bicyclic) bond motifs is 5. The second-order valence-electron chi connectivity index (χ2n) is 15.7. The quantitative estimate of drug-likeness (QED) is 0.259. The molecule has 1 aromatic heterocycles. The van der Waals surface area contributed by atoms with E-state index in [1.807, 2.05) is 12.5 Å². The Morgan fingerprint density at radius 3 is 2.63 bits per heavy atom. The van der Waals surface area contributed by atoms with Gasteiger partial charge in [0.2, 0.25) is 0 Å². The zero-order valence-electron chi connectivity index (χ0n) is 27.1. The van der Waals surface area contributed by atoms with Crippen molar-refractivity contribution in [2.24, 2.45) is 45.8 Å². The lowest BCUT2D eigenvalue weighted by atomic mass is 9.44. The molecule has 11 atom stereocenters. The Bertz CT molecular complexity index is 1230. The van der Waals surface area contributed by atoms with Gasteiger partial charge in [0.1, 0.15) is 0 Å². The summed E-state index contributed by atoms with van der Waals surface area (Å²) in [5.41, 5.74) is -0.449. The first-order valence-electron chi connectivity index (χ1n) is 16.4. The van der Waals surface area contributed by atoms with Gasteiger partial charge in [0.25, 0.3) is 0 Å². The first kappa shape index (κ1) is 32.6. The molecule has 0 aromatic carbocycles. The van der Waals surface area contributed by atoms with Crippen LogP contribution >= 0.6 is 0 Å². The average molecular weight is 598 g/mol. The van der Waals surface area contributed by atoms with Crippen molar-refractivity contribution >= 4 is 5.78 Å². The first-order valence-corrected chi connectivity index (χ1v) is 16.4. The van der Waals surface area contributed by atoms with Gasteiger partial charge in [0.15, 0.2) is 5.78 Å². The number of aliphatic hydroxyl groups excluding tert-OH is 3. The van der Waals surface area contributed by atoms with Crippen LogP contribution in [-0.4, -0.2) is 73.3 Å². The molecule has 0 spiro atoms. The van der Waals surface area contributed by atoms with Crippen molar-refractivity contribution in [1.29, 1.82) is 0 Å². The van der Waals surface area contributed by atoms with E-state index in [4.69, 9.17) is 0 Å². The number of aryl methyl sites for hydroxylation is 1. The summed E-state index contributed by atoms with van der Waals surface area (Å²) in [6.45, 7) is 16.4. The Morgan fingerprint density at radius 1 is 1.26 bits per heavy atom. The smallest absolute Gasteiger partial charge is 0.159 e. The molecule has 0 amide bonds. The number of hydrogen-bond donors (Lipinski definition) is 5. The minimum atomic E-state index is -1.14. The molecule has 1 aromatic rings. The van der Waals surface area contributed by atoms with E-state index < -0.39 is 40.7 Å². The van der Waals surface area contributed by atoms with E-state index in [-0.39, 0.29) is 34.9 Å². The molecule has 3 fully saturated rings. The second kappa shape index (κ2) is 11.5. The predicted molar refractivity (Wildman–Crippen MR) is 167 cm³/mol. The van der Waals surface area contributed by atoms with E-state index in [1.54, 1.807) is 19.3 Å². The molecule has 4 aliphatic rings. The lowest BCUT2D eigenvalue weighted by Gasteiger charge is -2.61. The zero-order chi connectivity index (χ0) is 31.5. The van der Waals surface area contributed by atoms with Crippen LogP contribution in [0.5, 0.6) is 0 Å². The summed E-state index contributed by atoms with van der Waals surface area (Å²) >= 11 is 0. The van der Waals surface area contributed by atoms with E-state index in [1.165, 1.54) is 0 Å². The van der Waals surface area contributed by atoms with E-state index in [2.05, 4.69) is 56.1 Å². The van der Waals surface area contributed by atoms with Crippen LogP contribution in [0.3, 0.4) is 0 Å². The maximum absolute atomic E-state index is 13.9. The summed E-state index contributed by atoms with van der Waals surface area (Å²) in [6, 6.07) is 0. The molecule has 1 heterocycles. The molecule has 5 N–H and O–H groups in total. The fraction of sp³-hybridized carbons (Fsp3) is 0.771. The molecule has 0 saturated heterocycles. The first-order chi connectivity index (χ1) is 20.1. The van der Waals surface area contributed by atoms with E-state index in [9.17, 15) is 25.2 Å². The van der Waals surface area contributed by atoms with Crippen LogP contribution in [0.1, 0.15) is 79.6 Å². The van der Waals surface area contributed by atoms with Gasteiger partial charge in [-0.15, -0.1) is 0 Å². The molecule has 8 heteroatoms. The zero-order valence-corrected chi connectivity index (χ0v) is 27.1. The normalized spacial score (nSPS) is 40.7. The van der Waals surface area contributed by atoms with Crippen molar-refractivity contribution in [3.05, 3.63) is 42.5 Å². The highest BCUT2D eigenvalue weighted by Crippen LogP contribution is 2.68. The lowest BCUT2D eigenvalue weighted by molar-refractivity contribution is -0.169. The minimum Gasteiger partial charge on any atom is -0.393 e. The average Bonchev–Trinajstić information content (AvgIpc) is 3.56. The van der Waals surface area contributed by atoms with Crippen molar-refractivity contribution in [2.45, 2.75) is 110 Å². The van der Waals surface area contributed by atoms with Gasteiger partial charge < -0.3 is 30.3 Å². The third-order valence-electron chi connectivity index (χ3n) is 13.1. The summed E-state index contributed by atoms with van der Waals surface area (Å²) < 4.78 is 2.06. The monoisotopic (exact) mass is 597 g/mol. The minimum absolute atomic E-state index is 0.0372. The third-order valence-corrected chi connectivity index (χ3v) is 13.1. The standard InChI is InChI=1S/C35H55N3O5/c1-21(32(3,4)12-14-38-15-13-37-20-38)16-27(39)22(2)24-9-11-35(43)26-17-28(40)30-23(19-36-7)31(42)29(41)18-33(30,5)25(26)8-10-34(24,35)6/h13,15,17,20,22-25,27,29-31,36,39,41-43H,1,8-12,14,16,18-19H2,2-7H3. The Labute approximate surface area is 257 Å². The molecule has 240 valence electrons. The second-order valence-corrected chi connectivity index (χ2v) is 15.7. The number of aliphatic hydroxyl groups is 4. The summed E-state index contributed by atoms with van der Waals surface area (Å²) in [4.78, 5) is 18.0. The number of rotatable bonds is 10. The number of aromatic nitrogens is 2. The van der Waals surface area contributed by atoms with Gasteiger partial charge in [0, 0.05) is 42.7 Å². The number of imidazole rings is 1. The molecular formula is C35H55N3O5. The van der Waals surface area contributed by atoms with Crippen LogP contribution in [0.25, 0.3) is 0 Å². The van der Waals surface area contributed by atoms with Crippen LogP contribution in [0, 0.1) is 45.8 Å². The summed E-state index contributed by atoms with van der Waals surface area (Å²) in [7, 11) is 1.81. The highest BCUT2D eigenvalue weighted by molar-refractivity contribution is 5.95. The van der Waals surface area contributed by atoms with Gasteiger partial charge in [-0.25, -0.2) is 4.98 Å². The number of nitrogens with one attached hydrogen (secondary N) is 1. The van der Waals surface area contributed by atoms with E-state index in [0.717, 1.165) is 43.4 Å². The van der Waals surface area contributed by atoms with Crippen molar-refractivity contribution in [3.8, 4) is 0 Å². The lowest BCUT2D eigenvalue weighted by Crippen LogP contribution is -2.64. The third kappa shape index (κ3) is 5.19. The van der Waals surface area contributed by atoms with Gasteiger partial charge in [-0.05, 0) is 92.2 Å². The van der Waals surface area contributed by atoms with Gasteiger partial charge in [-0.2, -0.15) is 0 Å². The van der Waals surface area contributed by atoms with Crippen LogP contribution in [0.15, 0.2) is 42.5 Å². The highest BCUT2D eigenvalue weighted by atomic mass is 16.3. The molecule has 0 bridgehead atoms. The van der Waals surface area contributed by atoms with Crippen LogP contribution in [0.4, 0.5) is 0 Å².